The van der Waals surface area contributed by atoms with E-state index >= 15 is 0 Å². The normalized spacial score (nSPS) is 15.2. The van der Waals surface area contributed by atoms with E-state index in [0.717, 1.165) is 50.0 Å². The molecule has 4 unspecified atom stereocenters. The van der Waals surface area contributed by atoms with Crippen molar-refractivity contribution in [2.75, 3.05) is 0 Å². The molecule has 2 rings (SSSR count). The molecular weight excluding hydrogens is 451 g/mol. The van der Waals surface area contributed by atoms with Gasteiger partial charge in [-0.1, -0.05) is 50.2 Å². The molecular formula is C26H40N2O5P+. The van der Waals surface area contributed by atoms with Crippen LogP contribution in [0.15, 0.2) is 60.7 Å². The van der Waals surface area contributed by atoms with Crippen molar-refractivity contribution in [1.82, 2.24) is 0 Å². The van der Waals surface area contributed by atoms with E-state index in [1.807, 2.05) is 60.7 Å². The molecule has 0 aliphatic rings. The van der Waals surface area contributed by atoms with Gasteiger partial charge in [-0.15, -0.1) is 9.05 Å². The predicted molar refractivity (Wildman–Crippen MR) is 136 cm³/mol. The van der Waals surface area contributed by atoms with Gasteiger partial charge in [0, 0.05) is 4.57 Å². The Hall–Kier alpha value is -2.02. The summed E-state index contributed by atoms with van der Waals surface area (Å²) >= 11 is 0. The topological polar surface area (TPSA) is 106 Å². The molecule has 8 heteroatoms. The summed E-state index contributed by atoms with van der Waals surface area (Å²) in [4.78, 5) is 0. The predicted octanol–water partition coefficient (Wildman–Crippen LogP) is 6.30. The van der Waals surface area contributed by atoms with Crippen LogP contribution >= 0.6 is 8.25 Å². The van der Waals surface area contributed by atoms with Crippen molar-refractivity contribution >= 4 is 8.25 Å². The Morgan fingerprint density at radius 1 is 0.676 bits per heavy atom. The van der Waals surface area contributed by atoms with Crippen LogP contribution in [0.25, 0.3) is 0 Å². The SMILES string of the molecule is CCC(CCCC(N)O[P+](=O)OC(N)CCCC(CC)Oc1ccccc1)Oc1ccccc1. The Kier molecular flexibility index (Phi) is 13.8. The average Bonchev–Trinajstić information content (AvgIpc) is 2.83. The van der Waals surface area contributed by atoms with Gasteiger partial charge in [0.1, 0.15) is 11.5 Å². The molecule has 188 valence electrons. The summed E-state index contributed by atoms with van der Waals surface area (Å²) in [5.74, 6) is 1.72. The van der Waals surface area contributed by atoms with Crippen LogP contribution in [0.1, 0.15) is 65.2 Å². The van der Waals surface area contributed by atoms with Crippen LogP contribution in [0.4, 0.5) is 0 Å². The summed E-state index contributed by atoms with van der Waals surface area (Å²) in [5, 5.41) is 0. The molecule has 4 N–H and O–H groups in total. The molecule has 0 heterocycles. The molecule has 0 radical (unpaired) electrons. The molecule has 2 aromatic carbocycles. The molecule has 0 fully saturated rings. The van der Waals surface area contributed by atoms with Crippen molar-refractivity contribution in [2.24, 2.45) is 11.5 Å². The second-order valence-electron chi connectivity index (χ2n) is 8.30. The Balaban J connectivity index is 1.58. The summed E-state index contributed by atoms with van der Waals surface area (Å²) < 4.78 is 34.7. The van der Waals surface area contributed by atoms with Gasteiger partial charge < -0.3 is 20.9 Å². The number of nitrogens with two attached hydrogens (primary N) is 2. The largest absolute Gasteiger partial charge is 0.700 e. The van der Waals surface area contributed by atoms with Gasteiger partial charge in [-0.25, -0.2) is 0 Å². The fraction of sp³-hybridized carbons (Fsp3) is 0.538. The molecule has 0 amide bonds. The first-order chi connectivity index (χ1) is 16.5. The number of ether oxygens (including phenoxy) is 2. The standard InChI is InChI=1S/C26H40N2O5P/c1-3-21(30-23-13-7-5-8-14-23)17-11-19-25(27)32-34(29)33-26(28)20-12-18-22(4-2)31-24-15-9-6-10-16-24/h5-10,13-16,21-22,25-26H,3-4,11-12,17-20,27-28H2,1-2H3/q+1. The van der Waals surface area contributed by atoms with Crippen molar-refractivity contribution < 1.29 is 23.1 Å². The van der Waals surface area contributed by atoms with Crippen LogP contribution < -0.4 is 20.9 Å². The molecule has 34 heavy (non-hydrogen) atoms. The quantitative estimate of drug-likeness (QED) is 0.186. The van der Waals surface area contributed by atoms with Crippen LogP contribution in [-0.2, 0) is 13.6 Å². The zero-order valence-electron chi connectivity index (χ0n) is 20.4. The van der Waals surface area contributed by atoms with Crippen molar-refractivity contribution in [1.29, 1.82) is 0 Å². The Morgan fingerprint density at radius 3 is 1.41 bits per heavy atom. The van der Waals surface area contributed by atoms with Crippen molar-refractivity contribution in [3.05, 3.63) is 60.7 Å². The van der Waals surface area contributed by atoms with Crippen molar-refractivity contribution in [3.63, 3.8) is 0 Å². The molecule has 0 aliphatic carbocycles. The number of rotatable bonds is 18. The Morgan fingerprint density at radius 2 is 1.06 bits per heavy atom. The fourth-order valence-electron chi connectivity index (χ4n) is 3.52. The molecule has 2 aromatic rings. The van der Waals surface area contributed by atoms with Gasteiger partial charge in [-0.3, -0.25) is 0 Å². The van der Waals surface area contributed by atoms with Crippen molar-refractivity contribution in [2.45, 2.75) is 89.9 Å². The van der Waals surface area contributed by atoms with Crippen LogP contribution in [-0.4, -0.2) is 24.7 Å². The molecule has 7 nitrogen and oxygen atoms in total. The minimum atomic E-state index is -2.37. The van der Waals surface area contributed by atoms with E-state index in [9.17, 15) is 4.57 Å². The van der Waals surface area contributed by atoms with Crippen LogP contribution in [0.3, 0.4) is 0 Å². The zero-order chi connectivity index (χ0) is 24.6. The lowest BCUT2D eigenvalue weighted by atomic mass is 10.1. The van der Waals surface area contributed by atoms with Gasteiger partial charge in [-0.05, 0) is 75.6 Å². The highest BCUT2D eigenvalue weighted by Gasteiger charge is 2.28. The lowest BCUT2D eigenvalue weighted by Gasteiger charge is -2.18. The molecule has 0 aliphatic heterocycles. The number of para-hydroxylation sites is 2. The summed E-state index contributed by atoms with van der Waals surface area (Å²) in [7, 11) is -2.37. The van der Waals surface area contributed by atoms with E-state index in [-0.39, 0.29) is 12.2 Å². The summed E-state index contributed by atoms with van der Waals surface area (Å²) in [6.45, 7) is 4.18. The first-order valence-corrected chi connectivity index (χ1v) is 13.3. The number of hydrogen-bond donors (Lipinski definition) is 2. The number of benzene rings is 2. The molecule has 0 saturated carbocycles. The third kappa shape index (κ3) is 11.9. The van der Waals surface area contributed by atoms with Gasteiger partial charge in [0.2, 0.25) is 0 Å². The molecule has 4 atom stereocenters. The zero-order valence-corrected chi connectivity index (χ0v) is 21.3. The lowest BCUT2D eigenvalue weighted by Crippen LogP contribution is -2.25. The van der Waals surface area contributed by atoms with E-state index in [0.29, 0.717) is 12.8 Å². The molecule has 0 aromatic heterocycles. The Labute approximate surface area is 205 Å². The van der Waals surface area contributed by atoms with E-state index in [1.54, 1.807) is 0 Å². The van der Waals surface area contributed by atoms with Gasteiger partial charge in [-0.2, -0.15) is 0 Å². The third-order valence-corrected chi connectivity index (χ3v) is 6.36. The van der Waals surface area contributed by atoms with E-state index in [1.165, 1.54) is 0 Å². The second-order valence-corrected chi connectivity index (χ2v) is 9.16. The highest BCUT2D eigenvalue weighted by Crippen LogP contribution is 2.29. The van der Waals surface area contributed by atoms with E-state index < -0.39 is 20.7 Å². The monoisotopic (exact) mass is 491 g/mol. The number of hydrogen-bond acceptors (Lipinski definition) is 7. The van der Waals surface area contributed by atoms with Gasteiger partial charge in [0.25, 0.3) is 0 Å². The summed E-state index contributed by atoms with van der Waals surface area (Å²) in [6, 6.07) is 19.5. The average molecular weight is 492 g/mol. The fourth-order valence-corrected chi connectivity index (χ4v) is 4.22. The Bertz CT molecular complexity index is 731. The molecule has 0 saturated heterocycles. The van der Waals surface area contributed by atoms with Gasteiger partial charge in [0.05, 0.1) is 12.2 Å². The summed E-state index contributed by atoms with van der Waals surface area (Å²) in [5.41, 5.74) is 12.0. The van der Waals surface area contributed by atoms with Gasteiger partial charge in [0.15, 0.2) is 12.5 Å². The van der Waals surface area contributed by atoms with E-state index in [4.69, 9.17) is 30.0 Å². The van der Waals surface area contributed by atoms with Crippen molar-refractivity contribution in [3.8, 4) is 11.5 Å². The van der Waals surface area contributed by atoms with Crippen LogP contribution in [0.5, 0.6) is 11.5 Å². The first-order valence-electron chi connectivity index (χ1n) is 12.3. The lowest BCUT2D eigenvalue weighted by molar-refractivity contribution is 0.115. The maximum absolute atomic E-state index is 12.1. The van der Waals surface area contributed by atoms with Crippen LogP contribution in [0, 0.1) is 0 Å². The smallest absolute Gasteiger partial charge is 0.490 e. The molecule has 0 spiro atoms. The van der Waals surface area contributed by atoms with E-state index in [2.05, 4.69) is 13.8 Å². The first kappa shape index (κ1) is 28.2. The maximum atomic E-state index is 12.1. The minimum absolute atomic E-state index is 0.103. The molecule has 0 bridgehead atoms. The second kappa shape index (κ2) is 16.6. The minimum Gasteiger partial charge on any atom is -0.490 e. The highest BCUT2D eigenvalue weighted by molar-refractivity contribution is 7.33. The third-order valence-electron chi connectivity index (χ3n) is 5.47. The van der Waals surface area contributed by atoms with Gasteiger partial charge >= 0.3 is 8.25 Å². The summed E-state index contributed by atoms with van der Waals surface area (Å²) in [6.07, 6.45) is 5.03. The van der Waals surface area contributed by atoms with Crippen LogP contribution in [0.2, 0.25) is 0 Å². The maximum Gasteiger partial charge on any atom is 0.700 e. The highest BCUT2D eigenvalue weighted by atomic mass is 31.1.